The van der Waals surface area contributed by atoms with Crippen LogP contribution in [0.1, 0.15) is 60.8 Å². The number of Topliss-reactive ketones (excluding diaryl/α,β-unsaturated/α-hetero) is 1. The topological polar surface area (TPSA) is 43.4 Å². The van der Waals surface area contributed by atoms with E-state index in [4.69, 9.17) is 4.74 Å². The first-order chi connectivity index (χ1) is 10.6. The number of fused-ring (bicyclic) bond motifs is 3. The third-order valence-corrected chi connectivity index (χ3v) is 6.62. The zero-order valence-electron chi connectivity index (χ0n) is 15.2. The molecule has 3 heteroatoms. The molecule has 2 saturated carbocycles. The van der Waals surface area contributed by atoms with Crippen molar-refractivity contribution >= 4 is 11.8 Å². The van der Waals surface area contributed by atoms with Crippen molar-refractivity contribution in [1.29, 1.82) is 0 Å². The number of ether oxygens (including phenoxy) is 1. The van der Waals surface area contributed by atoms with Crippen LogP contribution in [0.2, 0.25) is 0 Å². The average Bonchev–Trinajstić information content (AvgIpc) is 3.10. The summed E-state index contributed by atoms with van der Waals surface area (Å²) in [6, 6.07) is 0. The SMILES string of the molecule is C/C=C(/C)C(=O)O[C@@H]1[C@H]2C[C@@]2(C)[C@@H]2CC(=O)C(C)=C2CC1(C)C. The fourth-order valence-corrected chi connectivity index (χ4v) is 4.76. The molecule has 0 aromatic carbocycles. The van der Waals surface area contributed by atoms with E-state index in [9.17, 15) is 9.59 Å². The monoisotopic (exact) mass is 316 g/mol. The first-order valence-corrected chi connectivity index (χ1v) is 8.68. The van der Waals surface area contributed by atoms with Crippen LogP contribution < -0.4 is 0 Å². The van der Waals surface area contributed by atoms with E-state index in [1.165, 1.54) is 5.57 Å². The van der Waals surface area contributed by atoms with Crippen LogP contribution in [0.4, 0.5) is 0 Å². The molecule has 0 N–H and O–H groups in total. The molecule has 0 aliphatic heterocycles. The van der Waals surface area contributed by atoms with Gasteiger partial charge in [0.25, 0.3) is 0 Å². The molecule has 0 amide bonds. The Morgan fingerprint density at radius 1 is 1.30 bits per heavy atom. The van der Waals surface area contributed by atoms with Gasteiger partial charge in [0.15, 0.2) is 5.78 Å². The van der Waals surface area contributed by atoms with Crippen molar-refractivity contribution in [2.45, 2.75) is 66.9 Å². The maximum absolute atomic E-state index is 12.3. The lowest BCUT2D eigenvalue weighted by atomic mass is 9.78. The molecule has 126 valence electrons. The van der Waals surface area contributed by atoms with Crippen LogP contribution in [0.5, 0.6) is 0 Å². The minimum atomic E-state index is -0.200. The molecule has 3 aliphatic rings. The lowest BCUT2D eigenvalue weighted by molar-refractivity contribution is -0.152. The summed E-state index contributed by atoms with van der Waals surface area (Å²) in [5, 5.41) is 0. The highest BCUT2D eigenvalue weighted by Gasteiger charge is 2.66. The van der Waals surface area contributed by atoms with Gasteiger partial charge in [-0.15, -0.1) is 0 Å². The largest absolute Gasteiger partial charge is 0.458 e. The summed E-state index contributed by atoms with van der Waals surface area (Å²) in [5.74, 6) is 0.833. The second-order valence-electron chi connectivity index (χ2n) is 8.61. The van der Waals surface area contributed by atoms with Crippen molar-refractivity contribution in [2.24, 2.45) is 22.7 Å². The maximum Gasteiger partial charge on any atom is 0.333 e. The predicted octanol–water partition coefficient (Wildman–Crippen LogP) is 4.23. The number of ketones is 1. The first-order valence-electron chi connectivity index (χ1n) is 8.68. The van der Waals surface area contributed by atoms with Gasteiger partial charge in [0, 0.05) is 23.3 Å². The molecule has 0 bridgehead atoms. The standard InChI is InChI=1S/C20H28O3/c1-7-11(2)18(22)23-17-15-10-20(15,6)14-8-16(21)12(3)13(14)9-19(17,4)5/h7,14-15,17H,8-10H2,1-6H3/b11-7-/t14-,15-,17-,20+/m1/s1. The van der Waals surface area contributed by atoms with Crippen molar-refractivity contribution in [3.05, 3.63) is 22.8 Å². The molecule has 0 aromatic rings. The van der Waals surface area contributed by atoms with E-state index in [1.54, 1.807) is 13.0 Å². The Kier molecular flexibility index (Phi) is 3.62. The van der Waals surface area contributed by atoms with Gasteiger partial charge < -0.3 is 4.74 Å². The smallest absolute Gasteiger partial charge is 0.333 e. The van der Waals surface area contributed by atoms with Gasteiger partial charge in [-0.25, -0.2) is 4.79 Å². The third-order valence-electron chi connectivity index (χ3n) is 6.62. The molecule has 3 aliphatic carbocycles. The number of rotatable bonds is 2. The maximum atomic E-state index is 12.3. The van der Waals surface area contributed by atoms with Gasteiger partial charge in [-0.3, -0.25) is 4.79 Å². The van der Waals surface area contributed by atoms with E-state index in [0.29, 0.717) is 29.6 Å². The second-order valence-corrected chi connectivity index (χ2v) is 8.61. The molecular formula is C20H28O3. The Morgan fingerprint density at radius 3 is 2.57 bits per heavy atom. The van der Waals surface area contributed by atoms with Crippen molar-refractivity contribution in [3.63, 3.8) is 0 Å². The van der Waals surface area contributed by atoms with Gasteiger partial charge in [0.1, 0.15) is 6.10 Å². The summed E-state index contributed by atoms with van der Waals surface area (Å²) in [6.45, 7) is 12.3. The number of hydrogen-bond donors (Lipinski definition) is 0. The Hall–Kier alpha value is -1.38. The van der Waals surface area contributed by atoms with Gasteiger partial charge in [0.05, 0.1) is 0 Å². The van der Waals surface area contributed by atoms with Crippen LogP contribution in [0.25, 0.3) is 0 Å². The minimum Gasteiger partial charge on any atom is -0.458 e. The molecule has 0 saturated heterocycles. The normalized spacial score (nSPS) is 38.8. The Labute approximate surface area is 139 Å². The fraction of sp³-hybridized carbons (Fsp3) is 0.700. The molecular weight excluding hydrogens is 288 g/mol. The molecule has 0 spiro atoms. The summed E-state index contributed by atoms with van der Waals surface area (Å²) < 4.78 is 5.97. The molecule has 0 unspecified atom stereocenters. The molecule has 3 nitrogen and oxygen atoms in total. The van der Waals surface area contributed by atoms with Gasteiger partial charge in [-0.2, -0.15) is 0 Å². The van der Waals surface area contributed by atoms with Crippen molar-refractivity contribution in [1.82, 2.24) is 0 Å². The van der Waals surface area contributed by atoms with Crippen LogP contribution in [0, 0.1) is 22.7 Å². The molecule has 0 heterocycles. The van der Waals surface area contributed by atoms with Gasteiger partial charge >= 0.3 is 5.97 Å². The Morgan fingerprint density at radius 2 is 1.96 bits per heavy atom. The molecule has 0 aromatic heterocycles. The minimum absolute atomic E-state index is 0.0732. The van der Waals surface area contributed by atoms with Crippen LogP contribution in [-0.2, 0) is 14.3 Å². The van der Waals surface area contributed by atoms with Gasteiger partial charge in [-0.05, 0) is 50.5 Å². The van der Waals surface area contributed by atoms with Crippen molar-refractivity contribution in [3.8, 4) is 0 Å². The highest BCUT2D eigenvalue weighted by atomic mass is 16.5. The predicted molar refractivity (Wildman–Crippen MR) is 89.7 cm³/mol. The number of carbonyl (C=O) groups excluding carboxylic acids is 2. The van der Waals surface area contributed by atoms with Crippen LogP contribution >= 0.6 is 0 Å². The van der Waals surface area contributed by atoms with Crippen molar-refractivity contribution < 1.29 is 14.3 Å². The second kappa shape index (κ2) is 5.06. The van der Waals surface area contributed by atoms with E-state index < -0.39 is 0 Å². The Bertz CT molecular complexity index is 637. The van der Waals surface area contributed by atoms with Gasteiger partial charge in [0.2, 0.25) is 0 Å². The Balaban J connectivity index is 1.96. The quantitative estimate of drug-likeness (QED) is 0.566. The molecule has 2 fully saturated rings. The average molecular weight is 316 g/mol. The summed E-state index contributed by atoms with van der Waals surface area (Å²) in [4.78, 5) is 24.5. The highest BCUT2D eigenvalue weighted by Crippen LogP contribution is 2.69. The van der Waals surface area contributed by atoms with Crippen molar-refractivity contribution in [2.75, 3.05) is 0 Å². The number of allylic oxidation sites excluding steroid dienone is 3. The molecule has 23 heavy (non-hydrogen) atoms. The third kappa shape index (κ3) is 2.40. The number of esters is 1. The summed E-state index contributed by atoms with van der Waals surface area (Å²) in [7, 11) is 0. The zero-order chi connectivity index (χ0) is 17.2. The van der Waals surface area contributed by atoms with E-state index in [0.717, 1.165) is 18.4 Å². The number of hydrogen-bond acceptors (Lipinski definition) is 3. The lowest BCUT2D eigenvalue weighted by Crippen LogP contribution is -2.36. The van der Waals surface area contributed by atoms with E-state index in [-0.39, 0.29) is 22.9 Å². The molecule has 3 rings (SSSR count). The van der Waals surface area contributed by atoms with E-state index in [2.05, 4.69) is 20.8 Å². The van der Waals surface area contributed by atoms with Crippen LogP contribution in [0.3, 0.4) is 0 Å². The van der Waals surface area contributed by atoms with E-state index in [1.807, 2.05) is 13.8 Å². The molecule has 4 atom stereocenters. The molecule has 0 radical (unpaired) electrons. The summed E-state index contributed by atoms with van der Waals surface area (Å²) in [6.07, 6.45) is 4.29. The lowest BCUT2D eigenvalue weighted by Gasteiger charge is -2.34. The summed E-state index contributed by atoms with van der Waals surface area (Å²) >= 11 is 0. The first kappa shape index (κ1) is 16.5. The van der Waals surface area contributed by atoms with Crippen LogP contribution in [0.15, 0.2) is 22.8 Å². The highest BCUT2D eigenvalue weighted by molar-refractivity contribution is 5.99. The summed E-state index contributed by atoms with van der Waals surface area (Å²) in [5.41, 5.74) is 2.93. The van der Waals surface area contributed by atoms with Crippen LogP contribution in [-0.4, -0.2) is 17.9 Å². The van der Waals surface area contributed by atoms with Gasteiger partial charge in [-0.1, -0.05) is 32.4 Å². The zero-order valence-corrected chi connectivity index (χ0v) is 15.2. The fourth-order valence-electron chi connectivity index (χ4n) is 4.76. The number of carbonyl (C=O) groups is 2. The van der Waals surface area contributed by atoms with E-state index >= 15 is 0 Å².